The molecule has 0 aromatic heterocycles. The van der Waals surface area contributed by atoms with Gasteiger partial charge in [-0.05, 0) is 49.2 Å². The van der Waals surface area contributed by atoms with E-state index >= 15 is 0 Å². The van der Waals surface area contributed by atoms with Crippen molar-refractivity contribution in [2.45, 2.75) is 26.7 Å². The lowest BCUT2D eigenvalue weighted by Gasteiger charge is -2.09. The Hall–Kier alpha value is -2.82. The molecule has 0 unspecified atom stereocenters. The van der Waals surface area contributed by atoms with Gasteiger partial charge >= 0.3 is 0 Å². The molecule has 0 spiro atoms. The van der Waals surface area contributed by atoms with Gasteiger partial charge in [-0.2, -0.15) is 0 Å². The van der Waals surface area contributed by atoms with Crippen LogP contribution >= 0.6 is 0 Å². The molecule has 0 aliphatic carbocycles. The third kappa shape index (κ3) is 5.64. The minimum atomic E-state index is -0.243. The molecule has 0 radical (unpaired) electrons. The molecule has 2 amide bonds. The van der Waals surface area contributed by atoms with E-state index in [0.717, 1.165) is 12.8 Å². The molecule has 2 aromatic rings. The standard InChI is InChI=1S/C20H24N2O3/c1-3-11-21-19(23)15-7-5-9-17(13-15)22-20(24)16-8-6-10-18(14-16)25-12-4-2/h5-10,13-14H,3-4,11-12H2,1-2H3,(H,21,23)(H,22,24). The number of carbonyl (C=O) groups is 2. The van der Waals surface area contributed by atoms with Crippen molar-refractivity contribution in [3.8, 4) is 5.75 Å². The summed E-state index contributed by atoms with van der Waals surface area (Å²) in [6.45, 7) is 5.26. The molecule has 5 heteroatoms. The number of amides is 2. The van der Waals surface area contributed by atoms with Crippen molar-refractivity contribution in [2.24, 2.45) is 0 Å². The first kappa shape index (κ1) is 18.5. The largest absolute Gasteiger partial charge is 0.494 e. The van der Waals surface area contributed by atoms with Crippen LogP contribution in [0.3, 0.4) is 0 Å². The predicted molar refractivity (Wildman–Crippen MR) is 99.2 cm³/mol. The van der Waals surface area contributed by atoms with E-state index in [1.165, 1.54) is 0 Å². The van der Waals surface area contributed by atoms with Crippen LogP contribution in [0.15, 0.2) is 48.5 Å². The Morgan fingerprint density at radius 3 is 2.36 bits per heavy atom. The number of rotatable bonds is 8. The van der Waals surface area contributed by atoms with Crippen molar-refractivity contribution in [3.63, 3.8) is 0 Å². The zero-order chi connectivity index (χ0) is 18.1. The van der Waals surface area contributed by atoms with E-state index in [1.54, 1.807) is 42.5 Å². The molecule has 2 aromatic carbocycles. The quantitative estimate of drug-likeness (QED) is 0.766. The number of hydrogen-bond donors (Lipinski definition) is 2. The second-order valence-corrected chi connectivity index (χ2v) is 5.67. The highest BCUT2D eigenvalue weighted by atomic mass is 16.5. The van der Waals surface area contributed by atoms with Crippen LogP contribution in [0.5, 0.6) is 5.75 Å². The highest BCUT2D eigenvalue weighted by Crippen LogP contribution is 2.16. The van der Waals surface area contributed by atoms with Crippen molar-refractivity contribution < 1.29 is 14.3 Å². The molecule has 0 aliphatic rings. The van der Waals surface area contributed by atoms with Crippen molar-refractivity contribution in [2.75, 3.05) is 18.5 Å². The van der Waals surface area contributed by atoms with Crippen LogP contribution in [-0.2, 0) is 0 Å². The van der Waals surface area contributed by atoms with Gasteiger partial charge < -0.3 is 15.4 Å². The van der Waals surface area contributed by atoms with Crippen LogP contribution in [0, 0.1) is 0 Å². The van der Waals surface area contributed by atoms with Gasteiger partial charge in [-0.15, -0.1) is 0 Å². The smallest absolute Gasteiger partial charge is 0.255 e. The first-order valence-electron chi connectivity index (χ1n) is 8.56. The van der Waals surface area contributed by atoms with Gasteiger partial charge in [-0.3, -0.25) is 9.59 Å². The third-order valence-electron chi connectivity index (χ3n) is 3.49. The van der Waals surface area contributed by atoms with Gasteiger partial charge in [-0.25, -0.2) is 0 Å². The number of ether oxygens (including phenoxy) is 1. The number of hydrogen-bond acceptors (Lipinski definition) is 3. The summed E-state index contributed by atoms with van der Waals surface area (Å²) in [7, 11) is 0. The summed E-state index contributed by atoms with van der Waals surface area (Å²) in [6.07, 6.45) is 1.78. The Labute approximate surface area is 148 Å². The van der Waals surface area contributed by atoms with Gasteiger partial charge in [-0.1, -0.05) is 26.0 Å². The van der Waals surface area contributed by atoms with Crippen LogP contribution in [0.25, 0.3) is 0 Å². The Morgan fingerprint density at radius 2 is 1.64 bits per heavy atom. The topological polar surface area (TPSA) is 67.4 Å². The van der Waals surface area contributed by atoms with E-state index in [0.29, 0.717) is 35.7 Å². The lowest BCUT2D eigenvalue weighted by Crippen LogP contribution is -2.24. The molecule has 5 nitrogen and oxygen atoms in total. The maximum atomic E-state index is 12.4. The summed E-state index contributed by atoms with van der Waals surface area (Å²) in [6, 6.07) is 13.9. The van der Waals surface area contributed by atoms with Crippen LogP contribution < -0.4 is 15.4 Å². The van der Waals surface area contributed by atoms with Gasteiger partial charge in [0.05, 0.1) is 6.61 Å². The monoisotopic (exact) mass is 340 g/mol. The van der Waals surface area contributed by atoms with Gasteiger partial charge in [0.2, 0.25) is 0 Å². The summed E-state index contributed by atoms with van der Waals surface area (Å²) < 4.78 is 5.55. The number of anilines is 1. The van der Waals surface area contributed by atoms with E-state index in [4.69, 9.17) is 4.74 Å². The zero-order valence-corrected chi connectivity index (χ0v) is 14.7. The SMILES string of the molecule is CCCNC(=O)c1cccc(NC(=O)c2cccc(OCCC)c2)c1. The average Bonchev–Trinajstić information content (AvgIpc) is 2.64. The van der Waals surface area contributed by atoms with E-state index < -0.39 is 0 Å². The summed E-state index contributed by atoms with van der Waals surface area (Å²) in [4.78, 5) is 24.4. The maximum absolute atomic E-state index is 12.4. The van der Waals surface area contributed by atoms with Crippen molar-refractivity contribution >= 4 is 17.5 Å². The first-order valence-corrected chi connectivity index (χ1v) is 8.56. The molecule has 25 heavy (non-hydrogen) atoms. The average molecular weight is 340 g/mol. The normalized spacial score (nSPS) is 10.2. The molecular formula is C20H24N2O3. The van der Waals surface area contributed by atoms with Crippen molar-refractivity contribution in [3.05, 3.63) is 59.7 Å². The lowest BCUT2D eigenvalue weighted by atomic mass is 10.1. The number of nitrogens with one attached hydrogen (secondary N) is 2. The van der Waals surface area contributed by atoms with Crippen LogP contribution in [0.4, 0.5) is 5.69 Å². The van der Waals surface area contributed by atoms with Crippen molar-refractivity contribution in [1.82, 2.24) is 5.32 Å². The lowest BCUT2D eigenvalue weighted by molar-refractivity contribution is 0.0952. The second-order valence-electron chi connectivity index (χ2n) is 5.67. The molecule has 0 atom stereocenters. The summed E-state index contributed by atoms with van der Waals surface area (Å²) in [5.74, 6) is 0.281. The molecule has 132 valence electrons. The van der Waals surface area contributed by atoms with E-state index in [-0.39, 0.29) is 11.8 Å². The van der Waals surface area contributed by atoms with Gasteiger partial charge in [0.25, 0.3) is 11.8 Å². The van der Waals surface area contributed by atoms with Crippen LogP contribution in [0.1, 0.15) is 47.4 Å². The molecular weight excluding hydrogens is 316 g/mol. The fourth-order valence-corrected chi connectivity index (χ4v) is 2.23. The van der Waals surface area contributed by atoms with Gasteiger partial charge in [0.15, 0.2) is 0 Å². The molecule has 0 saturated heterocycles. The van der Waals surface area contributed by atoms with E-state index in [2.05, 4.69) is 10.6 Å². The molecule has 2 rings (SSSR count). The molecule has 0 aliphatic heterocycles. The van der Waals surface area contributed by atoms with Crippen LogP contribution in [-0.4, -0.2) is 25.0 Å². The number of benzene rings is 2. The Kier molecular flexibility index (Phi) is 7.01. The molecule has 0 saturated carbocycles. The van der Waals surface area contributed by atoms with Gasteiger partial charge in [0, 0.05) is 23.4 Å². The third-order valence-corrected chi connectivity index (χ3v) is 3.49. The highest BCUT2D eigenvalue weighted by Gasteiger charge is 2.10. The summed E-state index contributed by atoms with van der Waals surface area (Å²) >= 11 is 0. The Morgan fingerprint density at radius 1 is 0.920 bits per heavy atom. The van der Waals surface area contributed by atoms with E-state index in [1.807, 2.05) is 19.9 Å². The minimum absolute atomic E-state index is 0.145. The number of carbonyl (C=O) groups excluding carboxylic acids is 2. The molecule has 0 bridgehead atoms. The Bertz CT molecular complexity index is 728. The zero-order valence-electron chi connectivity index (χ0n) is 14.7. The molecule has 0 heterocycles. The minimum Gasteiger partial charge on any atom is -0.494 e. The van der Waals surface area contributed by atoms with E-state index in [9.17, 15) is 9.59 Å². The fraction of sp³-hybridized carbons (Fsp3) is 0.300. The molecule has 0 fully saturated rings. The Balaban J connectivity index is 2.06. The van der Waals surface area contributed by atoms with Crippen molar-refractivity contribution in [1.29, 1.82) is 0 Å². The van der Waals surface area contributed by atoms with Gasteiger partial charge in [0.1, 0.15) is 5.75 Å². The second kappa shape index (κ2) is 9.47. The fourth-order valence-electron chi connectivity index (χ4n) is 2.23. The predicted octanol–water partition coefficient (Wildman–Crippen LogP) is 3.87. The first-order chi connectivity index (χ1) is 12.1. The molecule has 2 N–H and O–H groups in total. The van der Waals surface area contributed by atoms with Crippen LogP contribution in [0.2, 0.25) is 0 Å². The summed E-state index contributed by atoms with van der Waals surface area (Å²) in [5.41, 5.74) is 1.61. The maximum Gasteiger partial charge on any atom is 0.255 e. The summed E-state index contributed by atoms with van der Waals surface area (Å²) in [5, 5.41) is 5.64. The highest BCUT2D eigenvalue weighted by molar-refractivity contribution is 6.05.